The zero-order chi connectivity index (χ0) is 11.3. The van der Waals surface area contributed by atoms with Crippen molar-refractivity contribution in [3.8, 4) is 0 Å². The van der Waals surface area contributed by atoms with Crippen molar-refractivity contribution in [2.24, 2.45) is 5.73 Å². The highest BCUT2D eigenvalue weighted by Crippen LogP contribution is 2.24. The van der Waals surface area contributed by atoms with Crippen LogP contribution in [0, 0.1) is 0 Å². The Kier molecular flexibility index (Phi) is 3.71. The molecule has 0 radical (unpaired) electrons. The number of pyridine rings is 1. The molecule has 15 heavy (non-hydrogen) atoms. The molecule has 0 aliphatic rings. The van der Waals surface area contributed by atoms with Crippen LogP contribution < -0.4 is 5.73 Å². The smallest absolute Gasteiger partial charge is 0.252 e. The topological polar surface area (TPSA) is 56.0 Å². The third-order valence-corrected chi connectivity index (χ3v) is 1.92. The highest BCUT2D eigenvalue weighted by atomic mass is 19.3. The van der Waals surface area contributed by atoms with Crippen molar-refractivity contribution >= 4 is 5.91 Å². The summed E-state index contributed by atoms with van der Waals surface area (Å²) in [6, 6.07) is 3.17. The number of rotatable bonds is 5. The lowest BCUT2D eigenvalue weighted by Crippen LogP contribution is -2.23. The first-order chi connectivity index (χ1) is 6.99. The van der Waals surface area contributed by atoms with Crippen molar-refractivity contribution in [1.29, 1.82) is 0 Å². The molecule has 2 N–H and O–H groups in total. The Labute approximate surface area is 86.3 Å². The molecule has 0 aromatic carbocycles. The average molecular weight is 214 g/mol. The van der Waals surface area contributed by atoms with E-state index in [2.05, 4.69) is 4.98 Å². The fourth-order valence-electron chi connectivity index (χ4n) is 1.20. The minimum Gasteiger partial charge on any atom is -0.370 e. The molecular formula is C10H12F2N2O. The lowest BCUT2D eigenvalue weighted by molar-refractivity contribution is -0.120. The average Bonchev–Trinajstić information content (AvgIpc) is 2.16. The summed E-state index contributed by atoms with van der Waals surface area (Å²) in [4.78, 5) is 14.1. The second-order valence-electron chi connectivity index (χ2n) is 3.36. The Morgan fingerprint density at radius 2 is 2.27 bits per heavy atom. The number of carbonyl (C=O) groups is 1. The predicted octanol–water partition coefficient (Wildman–Crippen LogP) is 1.52. The second-order valence-corrected chi connectivity index (χ2v) is 3.36. The van der Waals surface area contributed by atoms with E-state index >= 15 is 0 Å². The van der Waals surface area contributed by atoms with Gasteiger partial charge in [0.15, 0.2) is 0 Å². The number of hydrogen-bond acceptors (Lipinski definition) is 2. The Morgan fingerprint density at radius 3 is 2.80 bits per heavy atom. The largest absolute Gasteiger partial charge is 0.370 e. The molecular weight excluding hydrogens is 202 g/mol. The summed E-state index contributed by atoms with van der Waals surface area (Å²) in [7, 11) is 0. The van der Waals surface area contributed by atoms with E-state index in [9.17, 15) is 13.6 Å². The van der Waals surface area contributed by atoms with Crippen molar-refractivity contribution in [2.75, 3.05) is 0 Å². The molecule has 0 bridgehead atoms. The van der Waals surface area contributed by atoms with E-state index in [4.69, 9.17) is 5.73 Å². The zero-order valence-corrected chi connectivity index (χ0v) is 8.12. The summed E-state index contributed by atoms with van der Waals surface area (Å²) >= 11 is 0. The van der Waals surface area contributed by atoms with Crippen LogP contribution >= 0.6 is 0 Å². The van der Waals surface area contributed by atoms with Crippen molar-refractivity contribution in [2.45, 2.75) is 25.2 Å². The highest BCUT2D eigenvalue weighted by Gasteiger charge is 2.29. The van der Waals surface area contributed by atoms with Crippen LogP contribution in [0.3, 0.4) is 0 Å². The van der Waals surface area contributed by atoms with Crippen LogP contribution in [0.25, 0.3) is 0 Å². The van der Waals surface area contributed by atoms with E-state index in [1.807, 2.05) is 0 Å². The number of carbonyl (C=O) groups excluding carboxylic acids is 1. The number of hydrogen-bond donors (Lipinski definition) is 1. The van der Waals surface area contributed by atoms with Crippen molar-refractivity contribution in [3.63, 3.8) is 0 Å². The Hall–Kier alpha value is -1.52. The Morgan fingerprint density at radius 1 is 1.53 bits per heavy atom. The standard InChI is InChI=1S/C10H12F2N2O/c11-10(12,4-3-9(13)15)6-8-2-1-5-14-7-8/h1-2,5,7H,3-4,6H2,(H2,13,15). The molecule has 0 spiro atoms. The third-order valence-electron chi connectivity index (χ3n) is 1.92. The van der Waals surface area contributed by atoms with Gasteiger partial charge in [0.2, 0.25) is 5.91 Å². The van der Waals surface area contributed by atoms with Crippen molar-refractivity contribution < 1.29 is 13.6 Å². The van der Waals surface area contributed by atoms with Gasteiger partial charge in [-0.25, -0.2) is 8.78 Å². The first kappa shape index (κ1) is 11.6. The van der Waals surface area contributed by atoms with Gasteiger partial charge in [0.05, 0.1) is 0 Å². The number of amides is 1. The zero-order valence-electron chi connectivity index (χ0n) is 8.12. The van der Waals surface area contributed by atoms with E-state index in [-0.39, 0.29) is 6.42 Å². The van der Waals surface area contributed by atoms with E-state index < -0.39 is 24.7 Å². The quantitative estimate of drug-likeness (QED) is 0.808. The fraction of sp³-hybridized carbons (Fsp3) is 0.400. The molecule has 3 nitrogen and oxygen atoms in total. The summed E-state index contributed by atoms with van der Waals surface area (Å²) in [6.07, 6.45) is 1.68. The van der Waals surface area contributed by atoms with Crippen LogP contribution in [0.2, 0.25) is 0 Å². The predicted molar refractivity (Wildman–Crippen MR) is 51.3 cm³/mol. The summed E-state index contributed by atoms with van der Waals surface area (Å²) in [5.74, 6) is -3.61. The lowest BCUT2D eigenvalue weighted by atomic mass is 10.0. The van der Waals surface area contributed by atoms with E-state index in [1.165, 1.54) is 12.4 Å². The van der Waals surface area contributed by atoms with Gasteiger partial charge in [0.1, 0.15) is 0 Å². The maximum Gasteiger partial charge on any atom is 0.252 e. The van der Waals surface area contributed by atoms with Gasteiger partial charge in [-0.1, -0.05) is 6.07 Å². The summed E-state index contributed by atoms with van der Waals surface area (Å²) < 4.78 is 26.5. The minimum absolute atomic E-state index is 0.298. The van der Waals surface area contributed by atoms with Crippen LogP contribution in [0.4, 0.5) is 8.78 Å². The third kappa shape index (κ3) is 4.49. The number of nitrogens with two attached hydrogens (primary N) is 1. The van der Waals surface area contributed by atoms with Crippen molar-refractivity contribution in [1.82, 2.24) is 4.98 Å². The highest BCUT2D eigenvalue weighted by molar-refractivity contribution is 5.73. The Bertz CT molecular complexity index is 327. The van der Waals surface area contributed by atoms with Gasteiger partial charge in [-0.05, 0) is 11.6 Å². The Balaban J connectivity index is 2.52. The number of halogens is 2. The van der Waals surface area contributed by atoms with Gasteiger partial charge >= 0.3 is 0 Å². The molecule has 5 heteroatoms. The van der Waals surface area contributed by atoms with E-state index in [1.54, 1.807) is 12.1 Å². The van der Waals surface area contributed by atoms with Gasteiger partial charge in [0.25, 0.3) is 5.92 Å². The molecule has 1 aromatic heterocycles. The van der Waals surface area contributed by atoms with Crippen LogP contribution in [0.1, 0.15) is 18.4 Å². The summed E-state index contributed by atoms with van der Waals surface area (Å²) in [6.45, 7) is 0. The van der Waals surface area contributed by atoms with Gasteiger partial charge in [-0.15, -0.1) is 0 Å². The fourth-order valence-corrected chi connectivity index (χ4v) is 1.20. The van der Waals surface area contributed by atoms with E-state index in [0.29, 0.717) is 5.56 Å². The van der Waals surface area contributed by atoms with Gasteiger partial charge in [0, 0.05) is 31.7 Å². The molecule has 0 saturated carbocycles. The van der Waals surface area contributed by atoms with Gasteiger partial charge in [-0.3, -0.25) is 9.78 Å². The number of primary amides is 1. The molecule has 0 saturated heterocycles. The van der Waals surface area contributed by atoms with Crippen LogP contribution in [-0.4, -0.2) is 16.8 Å². The second kappa shape index (κ2) is 4.82. The molecule has 0 atom stereocenters. The molecule has 0 fully saturated rings. The van der Waals surface area contributed by atoms with Crippen molar-refractivity contribution in [3.05, 3.63) is 30.1 Å². The maximum absolute atomic E-state index is 13.2. The first-order valence-corrected chi connectivity index (χ1v) is 4.55. The van der Waals surface area contributed by atoms with Crippen LogP contribution in [-0.2, 0) is 11.2 Å². The van der Waals surface area contributed by atoms with Gasteiger partial charge < -0.3 is 5.73 Å². The molecule has 1 heterocycles. The molecule has 0 aliphatic carbocycles. The summed E-state index contributed by atoms with van der Waals surface area (Å²) in [5.41, 5.74) is 5.26. The summed E-state index contributed by atoms with van der Waals surface area (Å²) in [5, 5.41) is 0. The number of alkyl halides is 2. The lowest BCUT2D eigenvalue weighted by Gasteiger charge is -2.14. The maximum atomic E-state index is 13.2. The van der Waals surface area contributed by atoms with E-state index in [0.717, 1.165) is 0 Å². The molecule has 1 rings (SSSR count). The SMILES string of the molecule is NC(=O)CCC(F)(F)Cc1cccnc1. The first-order valence-electron chi connectivity index (χ1n) is 4.55. The molecule has 82 valence electrons. The minimum atomic E-state index is -2.90. The molecule has 0 aliphatic heterocycles. The molecule has 1 amide bonds. The van der Waals surface area contributed by atoms with Gasteiger partial charge in [-0.2, -0.15) is 0 Å². The monoisotopic (exact) mass is 214 g/mol. The normalized spacial score (nSPS) is 11.3. The molecule has 0 unspecified atom stereocenters. The number of aromatic nitrogens is 1. The number of nitrogens with zero attached hydrogens (tertiary/aromatic N) is 1. The van der Waals surface area contributed by atoms with Crippen LogP contribution in [0.5, 0.6) is 0 Å². The molecule has 1 aromatic rings. The van der Waals surface area contributed by atoms with Crippen LogP contribution in [0.15, 0.2) is 24.5 Å².